The van der Waals surface area contributed by atoms with E-state index in [1.807, 2.05) is 4.90 Å². The SMILES string of the molecule is Cc1nc(N)c(CCC2CCN(C(=O)C(C)NC=O)CC2)c(Cl)n1. The van der Waals surface area contributed by atoms with Crippen molar-refractivity contribution in [2.75, 3.05) is 18.8 Å². The fourth-order valence-corrected chi connectivity index (χ4v) is 3.36. The first-order valence-corrected chi connectivity index (χ1v) is 8.57. The van der Waals surface area contributed by atoms with Gasteiger partial charge in [-0.25, -0.2) is 9.97 Å². The zero-order chi connectivity index (χ0) is 17.7. The molecule has 1 aromatic heterocycles. The van der Waals surface area contributed by atoms with Gasteiger partial charge in [0.2, 0.25) is 12.3 Å². The molecule has 1 aromatic rings. The van der Waals surface area contributed by atoms with Gasteiger partial charge in [0.05, 0.1) is 0 Å². The minimum absolute atomic E-state index is 0.0280. The number of anilines is 1. The lowest BCUT2D eigenvalue weighted by Crippen LogP contribution is -2.47. The third-order valence-corrected chi connectivity index (χ3v) is 4.83. The number of nitrogens with two attached hydrogens (primary N) is 1. The number of likely N-dealkylation sites (tertiary alicyclic amines) is 1. The molecule has 1 atom stereocenters. The first-order chi connectivity index (χ1) is 11.4. The van der Waals surface area contributed by atoms with Crippen LogP contribution in [-0.4, -0.2) is 46.3 Å². The summed E-state index contributed by atoms with van der Waals surface area (Å²) in [5, 5.41) is 2.94. The number of aryl methyl sites for hydroxylation is 1. The number of nitrogens with one attached hydrogen (secondary N) is 1. The largest absolute Gasteiger partial charge is 0.383 e. The third-order valence-electron chi connectivity index (χ3n) is 4.52. The number of nitrogens with zero attached hydrogens (tertiary/aromatic N) is 3. The molecule has 0 spiro atoms. The van der Waals surface area contributed by atoms with Gasteiger partial charge in [0.1, 0.15) is 22.8 Å². The second-order valence-corrected chi connectivity index (χ2v) is 6.60. The van der Waals surface area contributed by atoms with E-state index >= 15 is 0 Å². The van der Waals surface area contributed by atoms with E-state index in [2.05, 4.69) is 15.3 Å². The van der Waals surface area contributed by atoms with Crippen LogP contribution in [0.2, 0.25) is 5.15 Å². The van der Waals surface area contributed by atoms with Crippen molar-refractivity contribution in [2.45, 2.75) is 45.6 Å². The molecule has 8 heteroatoms. The van der Waals surface area contributed by atoms with Crippen LogP contribution in [0, 0.1) is 12.8 Å². The molecule has 1 saturated heterocycles. The van der Waals surface area contributed by atoms with Gasteiger partial charge < -0.3 is 16.0 Å². The van der Waals surface area contributed by atoms with Crippen LogP contribution in [0.15, 0.2) is 0 Å². The van der Waals surface area contributed by atoms with Crippen molar-refractivity contribution in [3.8, 4) is 0 Å². The summed E-state index contributed by atoms with van der Waals surface area (Å²) in [5.41, 5.74) is 6.75. The lowest BCUT2D eigenvalue weighted by molar-refractivity contribution is -0.135. The van der Waals surface area contributed by atoms with E-state index in [4.69, 9.17) is 17.3 Å². The number of rotatable bonds is 6. The number of nitrogen functional groups attached to an aromatic ring is 1. The van der Waals surface area contributed by atoms with Crippen LogP contribution >= 0.6 is 11.6 Å². The van der Waals surface area contributed by atoms with Crippen LogP contribution in [0.5, 0.6) is 0 Å². The van der Waals surface area contributed by atoms with E-state index in [1.54, 1.807) is 13.8 Å². The second-order valence-electron chi connectivity index (χ2n) is 6.24. The Hall–Kier alpha value is -1.89. The number of hydrogen-bond acceptors (Lipinski definition) is 5. The number of aromatic nitrogens is 2. The van der Waals surface area contributed by atoms with Crippen molar-refractivity contribution >= 4 is 29.7 Å². The zero-order valence-electron chi connectivity index (χ0n) is 14.1. The molecule has 1 fully saturated rings. The second kappa shape index (κ2) is 8.28. The Labute approximate surface area is 147 Å². The van der Waals surface area contributed by atoms with Crippen LogP contribution in [0.3, 0.4) is 0 Å². The maximum Gasteiger partial charge on any atom is 0.244 e. The van der Waals surface area contributed by atoms with Crippen LogP contribution in [0.1, 0.15) is 37.6 Å². The number of carbonyl (C=O) groups is 2. The van der Waals surface area contributed by atoms with E-state index in [1.165, 1.54) is 0 Å². The molecule has 2 rings (SSSR count). The van der Waals surface area contributed by atoms with Crippen LogP contribution in [0.25, 0.3) is 0 Å². The summed E-state index contributed by atoms with van der Waals surface area (Å²) in [5.74, 6) is 1.51. The van der Waals surface area contributed by atoms with E-state index in [9.17, 15) is 9.59 Å². The number of piperidine rings is 1. The van der Waals surface area contributed by atoms with Crippen molar-refractivity contribution in [2.24, 2.45) is 5.92 Å². The predicted octanol–water partition coefficient (Wildman–Crippen LogP) is 1.33. The molecular weight excluding hydrogens is 330 g/mol. The van der Waals surface area contributed by atoms with Gasteiger partial charge in [-0.2, -0.15) is 0 Å². The molecule has 0 aromatic carbocycles. The van der Waals surface area contributed by atoms with E-state index < -0.39 is 6.04 Å². The van der Waals surface area contributed by atoms with Gasteiger partial charge in [-0.15, -0.1) is 0 Å². The highest BCUT2D eigenvalue weighted by atomic mass is 35.5. The Bertz CT molecular complexity index is 579. The summed E-state index contributed by atoms with van der Waals surface area (Å²) in [4.78, 5) is 32.7. The monoisotopic (exact) mass is 353 g/mol. The molecule has 2 amide bonds. The summed E-state index contributed by atoms with van der Waals surface area (Å²) in [7, 11) is 0. The highest BCUT2D eigenvalue weighted by Crippen LogP contribution is 2.26. The smallest absolute Gasteiger partial charge is 0.244 e. The maximum atomic E-state index is 12.1. The topological polar surface area (TPSA) is 101 Å². The molecule has 1 aliphatic rings. The Balaban J connectivity index is 1.84. The van der Waals surface area contributed by atoms with Crippen molar-refractivity contribution in [1.29, 1.82) is 0 Å². The molecule has 1 aliphatic heterocycles. The molecule has 132 valence electrons. The van der Waals surface area contributed by atoms with Gasteiger partial charge in [0.15, 0.2) is 0 Å². The lowest BCUT2D eigenvalue weighted by Gasteiger charge is -2.33. The summed E-state index contributed by atoms with van der Waals surface area (Å²) in [6.07, 6.45) is 4.12. The summed E-state index contributed by atoms with van der Waals surface area (Å²) >= 11 is 6.16. The minimum atomic E-state index is -0.470. The third kappa shape index (κ3) is 4.56. The Morgan fingerprint density at radius 3 is 2.71 bits per heavy atom. The van der Waals surface area contributed by atoms with Gasteiger partial charge in [0.25, 0.3) is 0 Å². The average molecular weight is 354 g/mol. The maximum absolute atomic E-state index is 12.1. The normalized spacial score (nSPS) is 16.7. The fraction of sp³-hybridized carbons (Fsp3) is 0.625. The lowest BCUT2D eigenvalue weighted by atomic mass is 9.90. The summed E-state index contributed by atoms with van der Waals surface area (Å²) < 4.78 is 0. The van der Waals surface area contributed by atoms with Gasteiger partial charge in [-0.05, 0) is 45.4 Å². The first kappa shape index (κ1) is 18.4. The van der Waals surface area contributed by atoms with E-state index in [0.29, 0.717) is 42.2 Å². The molecule has 7 nitrogen and oxygen atoms in total. The average Bonchev–Trinajstić information content (AvgIpc) is 2.54. The fourth-order valence-electron chi connectivity index (χ4n) is 3.05. The summed E-state index contributed by atoms with van der Waals surface area (Å²) in [6, 6.07) is -0.470. The predicted molar refractivity (Wildman–Crippen MR) is 92.5 cm³/mol. The van der Waals surface area contributed by atoms with Gasteiger partial charge in [-0.3, -0.25) is 9.59 Å². The Morgan fingerprint density at radius 1 is 1.46 bits per heavy atom. The van der Waals surface area contributed by atoms with Gasteiger partial charge in [-0.1, -0.05) is 11.6 Å². The standard InChI is InChI=1S/C16H24ClN5O2/c1-10(19-9-23)16(24)22-7-5-12(6-8-22)3-4-13-14(17)20-11(2)21-15(13)18/h9-10,12H,3-8H2,1-2H3,(H,19,23)(H2,18,20,21). The van der Waals surface area contributed by atoms with E-state index in [0.717, 1.165) is 31.2 Å². The van der Waals surface area contributed by atoms with Crippen LogP contribution in [-0.2, 0) is 16.0 Å². The molecule has 0 radical (unpaired) electrons. The van der Waals surface area contributed by atoms with Crippen molar-refractivity contribution in [3.63, 3.8) is 0 Å². The highest BCUT2D eigenvalue weighted by Gasteiger charge is 2.26. The van der Waals surface area contributed by atoms with E-state index in [-0.39, 0.29) is 5.91 Å². The van der Waals surface area contributed by atoms with Crippen molar-refractivity contribution < 1.29 is 9.59 Å². The molecule has 1 unspecified atom stereocenters. The van der Waals surface area contributed by atoms with Crippen molar-refractivity contribution in [1.82, 2.24) is 20.2 Å². The number of halogens is 1. The van der Waals surface area contributed by atoms with Crippen LogP contribution < -0.4 is 11.1 Å². The molecule has 0 saturated carbocycles. The molecule has 24 heavy (non-hydrogen) atoms. The molecule has 0 aliphatic carbocycles. The van der Waals surface area contributed by atoms with Gasteiger partial charge in [0, 0.05) is 18.7 Å². The zero-order valence-corrected chi connectivity index (χ0v) is 14.8. The van der Waals surface area contributed by atoms with Crippen LogP contribution in [0.4, 0.5) is 5.82 Å². The van der Waals surface area contributed by atoms with Gasteiger partial charge >= 0.3 is 0 Å². The molecular formula is C16H24ClN5O2. The number of carbonyl (C=O) groups excluding carboxylic acids is 2. The molecule has 0 bridgehead atoms. The Morgan fingerprint density at radius 2 is 2.12 bits per heavy atom. The first-order valence-electron chi connectivity index (χ1n) is 8.19. The summed E-state index contributed by atoms with van der Waals surface area (Å²) in [6.45, 7) is 4.88. The minimum Gasteiger partial charge on any atom is -0.383 e. The number of amides is 2. The molecule has 3 N–H and O–H groups in total. The highest BCUT2D eigenvalue weighted by molar-refractivity contribution is 6.30. The Kier molecular flexibility index (Phi) is 6.36. The molecule has 2 heterocycles. The number of hydrogen-bond donors (Lipinski definition) is 2. The van der Waals surface area contributed by atoms with Crippen molar-refractivity contribution in [3.05, 3.63) is 16.5 Å². The quantitative estimate of drug-likeness (QED) is 0.593.